The molecule has 1 aromatic heterocycles. The maximum absolute atomic E-state index is 12.8. The zero-order valence-corrected chi connectivity index (χ0v) is 14.2. The van der Waals surface area contributed by atoms with Gasteiger partial charge in [0.05, 0.1) is 5.92 Å². The fraction of sp³-hybridized carbons (Fsp3) is 0.150. The first kappa shape index (κ1) is 16.1. The lowest BCUT2D eigenvalue weighted by atomic mass is 9.89. The van der Waals surface area contributed by atoms with Gasteiger partial charge in [0.15, 0.2) is 0 Å². The highest BCUT2D eigenvalue weighted by atomic mass is 16.4. The third-order valence-electron chi connectivity index (χ3n) is 4.49. The first-order chi connectivity index (χ1) is 12.6. The van der Waals surface area contributed by atoms with Crippen molar-refractivity contribution < 1.29 is 14.0 Å². The molecule has 2 amide bonds. The molecule has 1 N–H and O–H groups in total. The predicted octanol–water partition coefficient (Wildman–Crippen LogP) is 3.15. The van der Waals surface area contributed by atoms with Crippen LogP contribution < -0.4 is 5.32 Å². The van der Waals surface area contributed by atoms with Crippen molar-refractivity contribution in [1.29, 1.82) is 0 Å². The standard InChI is InChI=1S/C20H17N3O3/c1-23-11-16(14-9-5-6-10-15(14)19(23)25)18(24)22-20-21-17(12-26-20)13-7-3-2-4-8-13/h2-10,12,16H,11H2,1H3,(H,21,22,24). The number of fused-ring (bicyclic) bond motifs is 1. The first-order valence-corrected chi connectivity index (χ1v) is 8.29. The number of hydrogen-bond acceptors (Lipinski definition) is 4. The molecule has 0 aliphatic carbocycles. The Morgan fingerprint density at radius 2 is 1.88 bits per heavy atom. The van der Waals surface area contributed by atoms with Crippen molar-refractivity contribution >= 4 is 17.8 Å². The smallest absolute Gasteiger partial charge is 0.301 e. The van der Waals surface area contributed by atoms with Gasteiger partial charge in [-0.15, -0.1) is 0 Å². The van der Waals surface area contributed by atoms with E-state index < -0.39 is 5.92 Å². The lowest BCUT2D eigenvalue weighted by Gasteiger charge is -2.30. The molecule has 6 nitrogen and oxygen atoms in total. The summed E-state index contributed by atoms with van der Waals surface area (Å²) >= 11 is 0. The van der Waals surface area contributed by atoms with Gasteiger partial charge in [-0.2, -0.15) is 4.98 Å². The van der Waals surface area contributed by atoms with E-state index in [-0.39, 0.29) is 17.8 Å². The summed E-state index contributed by atoms with van der Waals surface area (Å²) in [6.07, 6.45) is 1.51. The molecule has 2 aromatic carbocycles. The quantitative estimate of drug-likeness (QED) is 0.790. The first-order valence-electron chi connectivity index (χ1n) is 8.29. The van der Waals surface area contributed by atoms with E-state index in [1.165, 1.54) is 6.26 Å². The number of likely N-dealkylation sites (N-methyl/N-ethyl adjacent to an activating group) is 1. The second-order valence-corrected chi connectivity index (χ2v) is 6.22. The van der Waals surface area contributed by atoms with Gasteiger partial charge in [-0.05, 0) is 11.6 Å². The maximum Gasteiger partial charge on any atom is 0.301 e. The van der Waals surface area contributed by atoms with E-state index in [0.717, 1.165) is 11.1 Å². The summed E-state index contributed by atoms with van der Waals surface area (Å²) in [6, 6.07) is 16.9. The van der Waals surface area contributed by atoms with Gasteiger partial charge in [0.1, 0.15) is 12.0 Å². The van der Waals surface area contributed by atoms with Crippen LogP contribution in [0, 0.1) is 0 Å². The predicted molar refractivity (Wildman–Crippen MR) is 96.7 cm³/mol. The lowest BCUT2D eigenvalue weighted by Crippen LogP contribution is -2.41. The van der Waals surface area contributed by atoms with Crippen molar-refractivity contribution in [2.24, 2.45) is 0 Å². The fourth-order valence-corrected chi connectivity index (χ4v) is 3.15. The number of nitrogens with one attached hydrogen (secondary N) is 1. The van der Waals surface area contributed by atoms with Crippen molar-refractivity contribution in [3.05, 3.63) is 72.0 Å². The van der Waals surface area contributed by atoms with Crippen LogP contribution in [0.4, 0.5) is 6.01 Å². The second kappa shape index (κ2) is 6.48. The van der Waals surface area contributed by atoms with Crippen molar-refractivity contribution in [2.75, 3.05) is 18.9 Å². The number of hydrogen-bond donors (Lipinski definition) is 1. The van der Waals surface area contributed by atoms with Crippen LogP contribution in [0.25, 0.3) is 11.3 Å². The number of benzene rings is 2. The molecule has 1 aliphatic rings. The van der Waals surface area contributed by atoms with E-state index in [9.17, 15) is 9.59 Å². The third-order valence-corrected chi connectivity index (χ3v) is 4.49. The molecular weight excluding hydrogens is 330 g/mol. The molecule has 0 saturated heterocycles. The van der Waals surface area contributed by atoms with E-state index in [0.29, 0.717) is 17.8 Å². The van der Waals surface area contributed by atoms with Crippen LogP contribution in [-0.2, 0) is 4.79 Å². The number of nitrogens with zero attached hydrogens (tertiary/aromatic N) is 2. The Morgan fingerprint density at radius 1 is 1.15 bits per heavy atom. The van der Waals surface area contributed by atoms with Crippen LogP contribution >= 0.6 is 0 Å². The Balaban J connectivity index is 1.57. The minimum atomic E-state index is -0.471. The Kier molecular flexibility index (Phi) is 4.01. The van der Waals surface area contributed by atoms with Crippen LogP contribution in [0.5, 0.6) is 0 Å². The largest absolute Gasteiger partial charge is 0.431 e. The number of aromatic nitrogens is 1. The van der Waals surface area contributed by atoms with Crippen molar-refractivity contribution in [1.82, 2.24) is 9.88 Å². The summed E-state index contributed by atoms with van der Waals surface area (Å²) in [6.45, 7) is 0.313. The maximum atomic E-state index is 12.8. The number of anilines is 1. The Labute approximate surface area is 150 Å². The zero-order chi connectivity index (χ0) is 18.1. The summed E-state index contributed by atoms with van der Waals surface area (Å²) in [5.74, 6) is -0.800. The SMILES string of the molecule is CN1CC(C(=O)Nc2nc(-c3ccccc3)co2)c2ccccc2C1=O. The van der Waals surface area contributed by atoms with Crippen molar-refractivity contribution in [3.63, 3.8) is 0 Å². The minimum Gasteiger partial charge on any atom is -0.431 e. The van der Waals surface area contributed by atoms with E-state index in [2.05, 4.69) is 10.3 Å². The van der Waals surface area contributed by atoms with Gasteiger partial charge in [-0.25, -0.2) is 0 Å². The lowest BCUT2D eigenvalue weighted by molar-refractivity contribution is -0.118. The molecule has 1 unspecified atom stereocenters. The molecule has 0 saturated carbocycles. The van der Waals surface area contributed by atoms with Crippen LogP contribution in [-0.4, -0.2) is 35.3 Å². The molecule has 26 heavy (non-hydrogen) atoms. The molecule has 0 spiro atoms. The van der Waals surface area contributed by atoms with E-state index in [1.807, 2.05) is 42.5 Å². The van der Waals surface area contributed by atoms with E-state index >= 15 is 0 Å². The number of rotatable bonds is 3. The Hall–Kier alpha value is -3.41. The zero-order valence-electron chi connectivity index (χ0n) is 14.2. The molecule has 1 aliphatic heterocycles. The second-order valence-electron chi connectivity index (χ2n) is 6.22. The molecule has 0 fully saturated rings. The molecule has 3 aromatic rings. The molecule has 130 valence electrons. The van der Waals surface area contributed by atoms with Crippen LogP contribution in [0.1, 0.15) is 21.8 Å². The van der Waals surface area contributed by atoms with Gasteiger partial charge in [0.2, 0.25) is 5.91 Å². The molecule has 0 bridgehead atoms. The summed E-state index contributed by atoms with van der Waals surface area (Å²) in [5.41, 5.74) is 2.84. The summed E-state index contributed by atoms with van der Waals surface area (Å²) in [4.78, 5) is 30.9. The van der Waals surface area contributed by atoms with Gasteiger partial charge in [0.25, 0.3) is 5.91 Å². The van der Waals surface area contributed by atoms with Gasteiger partial charge in [-0.3, -0.25) is 14.9 Å². The fourth-order valence-electron chi connectivity index (χ4n) is 3.15. The summed E-state index contributed by atoms with van der Waals surface area (Å²) in [5, 5.41) is 2.72. The van der Waals surface area contributed by atoms with Crippen LogP contribution in [0.15, 0.2) is 65.3 Å². The number of amides is 2. The molecule has 4 rings (SSSR count). The van der Waals surface area contributed by atoms with Crippen LogP contribution in [0.3, 0.4) is 0 Å². The summed E-state index contributed by atoms with van der Waals surface area (Å²) in [7, 11) is 1.69. The van der Waals surface area contributed by atoms with Crippen molar-refractivity contribution in [2.45, 2.75) is 5.92 Å². The average molecular weight is 347 g/mol. The highest BCUT2D eigenvalue weighted by Gasteiger charge is 2.33. The number of carbonyl (C=O) groups is 2. The third kappa shape index (κ3) is 2.86. The van der Waals surface area contributed by atoms with Crippen LogP contribution in [0.2, 0.25) is 0 Å². The molecule has 0 radical (unpaired) electrons. The topological polar surface area (TPSA) is 75.4 Å². The highest BCUT2D eigenvalue weighted by molar-refractivity contribution is 6.03. The van der Waals surface area contributed by atoms with Gasteiger partial charge in [0, 0.05) is 24.7 Å². The van der Waals surface area contributed by atoms with E-state index in [1.54, 1.807) is 24.1 Å². The number of carbonyl (C=O) groups excluding carboxylic acids is 2. The summed E-state index contributed by atoms with van der Waals surface area (Å²) < 4.78 is 5.39. The molecule has 2 heterocycles. The Morgan fingerprint density at radius 3 is 2.69 bits per heavy atom. The van der Waals surface area contributed by atoms with Crippen molar-refractivity contribution in [3.8, 4) is 11.3 Å². The van der Waals surface area contributed by atoms with Gasteiger partial charge >= 0.3 is 6.01 Å². The molecular formula is C20H17N3O3. The normalized spacial score (nSPS) is 16.3. The minimum absolute atomic E-state index is 0.0767. The molecule has 1 atom stereocenters. The number of oxazole rings is 1. The highest BCUT2D eigenvalue weighted by Crippen LogP contribution is 2.29. The van der Waals surface area contributed by atoms with Gasteiger partial charge in [-0.1, -0.05) is 48.5 Å². The van der Waals surface area contributed by atoms with E-state index in [4.69, 9.17) is 4.42 Å². The average Bonchev–Trinajstić information content (AvgIpc) is 3.14. The molecule has 6 heteroatoms. The monoisotopic (exact) mass is 347 g/mol. The Bertz CT molecular complexity index is 965. The van der Waals surface area contributed by atoms with Gasteiger partial charge < -0.3 is 9.32 Å².